The minimum Gasteiger partial charge on any atom is -0.100 e. The van der Waals surface area contributed by atoms with Gasteiger partial charge in [-0.2, -0.15) is 0 Å². The van der Waals surface area contributed by atoms with Gasteiger partial charge in [0, 0.05) is 0 Å². The number of rotatable bonds is 5. The van der Waals surface area contributed by atoms with Gasteiger partial charge in [-0.3, -0.25) is 0 Å². The van der Waals surface area contributed by atoms with Crippen molar-refractivity contribution in [3.63, 3.8) is 0 Å². The van der Waals surface area contributed by atoms with Crippen molar-refractivity contribution >= 4 is 7.85 Å². The molecule has 0 fully saturated rings. The summed E-state index contributed by atoms with van der Waals surface area (Å²) in [4.78, 5) is 0. The predicted octanol–water partition coefficient (Wildman–Crippen LogP) is 3.49. The van der Waals surface area contributed by atoms with E-state index in [1.807, 2.05) is 0 Å². The molecule has 0 aromatic carbocycles. The molecule has 0 saturated heterocycles. The van der Waals surface area contributed by atoms with Crippen molar-refractivity contribution in [2.75, 3.05) is 0 Å². The van der Waals surface area contributed by atoms with Gasteiger partial charge in [0.25, 0.3) is 0 Å². The second-order valence-electron chi connectivity index (χ2n) is 4.15. The Morgan fingerprint density at radius 1 is 1.36 bits per heavy atom. The second-order valence-corrected chi connectivity index (χ2v) is 4.15. The van der Waals surface area contributed by atoms with Crippen molar-refractivity contribution in [2.24, 2.45) is 0 Å². The van der Waals surface area contributed by atoms with Crippen molar-refractivity contribution in [1.29, 1.82) is 0 Å². The summed E-state index contributed by atoms with van der Waals surface area (Å²) < 4.78 is 0. The van der Waals surface area contributed by atoms with Crippen LogP contribution in [0.15, 0.2) is 12.2 Å². The summed E-state index contributed by atoms with van der Waals surface area (Å²) in [5.74, 6) is 0. The smallest absolute Gasteiger partial charge is 0.0738 e. The first kappa shape index (κ1) is 10.8. The molecule has 1 heteroatoms. The molecule has 0 amide bonds. The van der Waals surface area contributed by atoms with Gasteiger partial charge < -0.3 is 0 Å². The van der Waals surface area contributed by atoms with E-state index in [1.54, 1.807) is 0 Å². The molecule has 0 heterocycles. The zero-order chi connectivity index (χ0) is 8.91. The molecular formula is C10H19B. The normalized spacial score (nSPS) is 11.5. The first-order valence-corrected chi connectivity index (χ1v) is 4.35. The Hall–Kier alpha value is -0.195. The Kier molecular flexibility index (Phi) is 4.55. The fourth-order valence-electron chi connectivity index (χ4n) is 1.01. The van der Waals surface area contributed by atoms with E-state index in [4.69, 9.17) is 7.85 Å². The molecule has 11 heavy (non-hydrogen) atoms. The lowest BCUT2D eigenvalue weighted by Gasteiger charge is -2.17. The topological polar surface area (TPSA) is 0 Å². The predicted molar refractivity (Wildman–Crippen MR) is 53.1 cm³/mol. The highest BCUT2D eigenvalue weighted by atomic mass is 14.1. The molecule has 0 rings (SSSR count). The standard InChI is InChI=1S/C10H19B/c1-9(2)7-5-6-8-10(3,4)11/h1,5-8H2,2-4H3. The molecule has 0 aliphatic rings. The average Bonchev–Trinajstić information content (AvgIpc) is 1.78. The maximum atomic E-state index is 5.83. The Morgan fingerprint density at radius 2 is 1.91 bits per heavy atom. The third-order valence-electron chi connectivity index (χ3n) is 1.67. The van der Waals surface area contributed by atoms with Crippen LogP contribution in [-0.2, 0) is 0 Å². The van der Waals surface area contributed by atoms with E-state index in [-0.39, 0.29) is 5.31 Å². The molecule has 0 aliphatic carbocycles. The fourth-order valence-corrected chi connectivity index (χ4v) is 1.01. The fraction of sp³-hybridized carbons (Fsp3) is 0.800. The Bertz CT molecular complexity index is 119. The molecule has 0 nitrogen and oxygen atoms in total. The number of hydrogen-bond acceptors (Lipinski definition) is 0. The lowest BCUT2D eigenvalue weighted by molar-refractivity contribution is 0.557. The Labute approximate surface area is 72.5 Å². The van der Waals surface area contributed by atoms with Crippen molar-refractivity contribution in [3.8, 4) is 0 Å². The third-order valence-corrected chi connectivity index (χ3v) is 1.67. The molecule has 0 atom stereocenters. The van der Waals surface area contributed by atoms with Crippen LogP contribution in [0, 0.1) is 0 Å². The van der Waals surface area contributed by atoms with E-state index < -0.39 is 0 Å². The largest absolute Gasteiger partial charge is 0.100 e. The lowest BCUT2D eigenvalue weighted by atomic mass is 9.69. The average molecular weight is 150 g/mol. The molecule has 0 aromatic heterocycles. The first-order chi connectivity index (χ1) is 4.92. The molecule has 62 valence electrons. The first-order valence-electron chi connectivity index (χ1n) is 4.35. The number of hydrogen-bond donors (Lipinski definition) is 0. The molecule has 0 aliphatic heterocycles. The maximum Gasteiger partial charge on any atom is 0.0738 e. The summed E-state index contributed by atoms with van der Waals surface area (Å²) in [6.07, 6.45) is 4.71. The zero-order valence-corrected chi connectivity index (χ0v) is 8.11. The van der Waals surface area contributed by atoms with E-state index in [9.17, 15) is 0 Å². The van der Waals surface area contributed by atoms with Crippen LogP contribution >= 0.6 is 0 Å². The maximum absolute atomic E-state index is 5.83. The van der Waals surface area contributed by atoms with Gasteiger partial charge in [-0.15, -0.1) is 6.58 Å². The summed E-state index contributed by atoms with van der Waals surface area (Å²) in [7, 11) is 5.83. The van der Waals surface area contributed by atoms with Gasteiger partial charge in [0.1, 0.15) is 0 Å². The molecule has 2 radical (unpaired) electrons. The van der Waals surface area contributed by atoms with Crippen LogP contribution in [0.25, 0.3) is 0 Å². The Balaban J connectivity index is 3.22. The van der Waals surface area contributed by atoms with E-state index in [1.165, 1.54) is 18.4 Å². The van der Waals surface area contributed by atoms with Gasteiger partial charge in [0.2, 0.25) is 0 Å². The SMILES string of the molecule is [B]C(C)(C)CCCCC(=C)C. The minimum atomic E-state index is 0.00900. The van der Waals surface area contributed by atoms with Gasteiger partial charge in [-0.1, -0.05) is 37.6 Å². The quantitative estimate of drug-likeness (QED) is 0.319. The van der Waals surface area contributed by atoms with Gasteiger partial charge in [0.15, 0.2) is 0 Å². The van der Waals surface area contributed by atoms with E-state index >= 15 is 0 Å². The second kappa shape index (κ2) is 4.64. The van der Waals surface area contributed by atoms with Crippen LogP contribution in [0.3, 0.4) is 0 Å². The summed E-state index contributed by atoms with van der Waals surface area (Å²) >= 11 is 0. The van der Waals surface area contributed by atoms with Crippen molar-refractivity contribution in [3.05, 3.63) is 12.2 Å². The molecular weight excluding hydrogens is 131 g/mol. The van der Waals surface area contributed by atoms with Gasteiger partial charge in [-0.05, 0) is 19.8 Å². The van der Waals surface area contributed by atoms with Crippen LogP contribution in [0.5, 0.6) is 0 Å². The highest BCUT2D eigenvalue weighted by Crippen LogP contribution is 2.26. The summed E-state index contributed by atoms with van der Waals surface area (Å²) in [5, 5.41) is 0.00900. The van der Waals surface area contributed by atoms with Crippen molar-refractivity contribution in [2.45, 2.75) is 51.8 Å². The summed E-state index contributed by atoms with van der Waals surface area (Å²) in [6.45, 7) is 10.1. The van der Waals surface area contributed by atoms with Crippen LogP contribution in [0.1, 0.15) is 46.5 Å². The van der Waals surface area contributed by atoms with Crippen LogP contribution in [0.4, 0.5) is 0 Å². The van der Waals surface area contributed by atoms with Gasteiger partial charge in [0.05, 0.1) is 7.85 Å². The molecule has 0 spiro atoms. The lowest BCUT2D eigenvalue weighted by Crippen LogP contribution is -2.01. The highest BCUT2D eigenvalue weighted by Gasteiger charge is 2.07. The molecule has 0 bridgehead atoms. The van der Waals surface area contributed by atoms with E-state index in [0.29, 0.717) is 0 Å². The van der Waals surface area contributed by atoms with E-state index in [0.717, 1.165) is 12.8 Å². The number of unbranched alkanes of at least 4 members (excludes halogenated alkanes) is 1. The van der Waals surface area contributed by atoms with Crippen LogP contribution in [0.2, 0.25) is 5.31 Å². The number of allylic oxidation sites excluding steroid dienone is 1. The van der Waals surface area contributed by atoms with Crippen LogP contribution < -0.4 is 0 Å². The van der Waals surface area contributed by atoms with E-state index in [2.05, 4.69) is 27.4 Å². The minimum absolute atomic E-state index is 0.00900. The summed E-state index contributed by atoms with van der Waals surface area (Å²) in [6, 6.07) is 0. The molecule has 0 aromatic rings. The van der Waals surface area contributed by atoms with Crippen LogP contribution in [-0.4, -0.2) is 7.85 Å². The summed E-state index contributed by atoms with van der Waals surface area (Å²) in [5.41, 5.74) is 1.28. The molecule has 0 saturated carbocycles. The molecule has 0 N–H and O–H groups in total. The zero-order valence-electron chi connectivity index (χ0n) is 8.11. The highest BCUT2D eigenvalue weighted by molar-refractivity contribution is 6.14. The monoisotopic (exact) mass is 150 g/mol. The Morgan fingerprint density at radius 3 is 2.27 bits per heavy atom. The van der Waals surface area contributed by atoms with Crippen molar-refractivity contribution < 1.29 is 0 Å². The molecule has 0 unspecified atom stereocenters. The van der Waals surface area contributed by atoms with Crippen molar-refractivity contribution in [1.82, 2.24) is 0 Å². The van der Waals surface area contributed by atoms with Gasteiger partial charge in [-0.25, -0.2) is 0 Å². The third kappa shape index (κ3) is 9.80. The van der Waals surface area contributed by atoms with Gasteiger partial charge >= 0.3 is 0 Å².